The van der Waals surface area contributed by atoms with Gasteiger partial charge in [0.15, 0.2) is 11.6 Å². The first-order valence-corrected chi connectivity index (χ1v) is 9.02. The third-order valence-electron chi connectivity index (χ3n) is 3.82. The van der Waals surface area contributed by atoms with Crippen LogP contribution in [-0.4, -0.2) is 52.4 Å². The van der Waals surface area contributed by atoms with E-state index in [1.54, 1.807) is 17.8 Å². The van der Waals surface area contributed by atoms with Crippen molar-refractivity contribution in [3.63, 3.8) is 0 Å². The average Bonchev–Trinajstić information content (AvgIpc) is 3.01. The number of aryl methyl sites for hydroxylation is 1. The summed E-state index contributed by atoms with van der Waals surface area (Å²) in [6.45, 7) is 8.92. The normalized spacial score (nSPS) is 15.2. The Balaban J connectivity index is 1.57. The van der Waals surface area contributed by atoms with Crippen LogP contribution in [0.15, 0.2) is 33.7 Å². The lowest BCUT2D eigenvalue weighted by Gasteiger charge is -2.34. The maximum atomic E-state index is 12.4. The number of aromatic nitrogens is 2. The lowest BCUT2D eigenvalue weighted by Crippen LogP contribution is -2.49. The minimum atomic E-state index is -0.0440. The maximum Gasteiger partial charge on any atom is 0.289 e. The fourth-order valence-electron chi connectivity index (χ4n) is 2.63. The van der Waals surface area contributed by atoms with Crippen LogP contribution in [0, 0.1) is 6.92 Å². The van der Waals surface area contributed by atoms with E-state index in [4.69, 9.17) is 4.42 Å². The van der Waals surface area contributed by atoms with Crippen molar-refractivity contribution >= 4 is 23.5 Å². The van der Waals surface area contributed by atoms with Crippen molar-refractivity contribution in [3.8, 4) is 0 Å². The fraction of sp³-hybridized carbons (Fsp3) is 0.471. The summed E-state index contributed by atoms with van der Waals surface area (Å²) in [5.41, 5.74) is 0. The number of anilines is 1. The van der Waals surface area contributed by atoms with E-state index in [-0.39, 0.29) is 5.91 Å². The Morgan fingerprint density at radius 3 is 2.42 bits per heavy atom. The number of nitrogens with zero attached hydrogens (tertiary/aromatic N) is 4. The molecule has 0 N–H and O–H groups in total. The summed E-state index contributed by atoms with van der Waals surface area (Å²) >= 11 is 1.70. The number of piperazine rings is 1. The van der Waals surface area contributed by atoms with Gasteiger partial charge in [-0.3, -0.25) is 4.79 Å². The first-order valence-electron chi connectivity index (χ1n) is 8.14. The number of thioether (sulfide) groups is 1. The summed E-state index contributed by atoms with van der Waals surface area (Å²) < 4.78 is 5.43. The molecule has 0 bridgehead atoms. The van der Waals surface area contributed by atoms with Crippen LogP contribution in [0.2, 0.25) is 0 Å². The molecule has 0 spiro atoms. The number of hydrogen-bond acceptors (Lipinski definition) is 6. The SMILES string of the molecule is Cc1ccc(C(=O)N2CCN(c3ccc(SC(C)C)nn3)CC2)o1. The molecule has 0 atom stereocenters. The maximum absolute atomic E-state index is 12.4. The minimum Gasteiger partial charge on any atom is -0.456 e. The number of rotatable bonds is 4. The molecule has 1 fully saturated rings. The third kappa shape index (κ3) is 3.90. The smallest absolute Gasteiger partial charge is 0.289 e. The van der Waals surface area contributed by atoms with Crippen molar-refractivity contribution in [2.75, 3.05) is 31.1 Å². The third-order valence-corrected chi connectivity index (χ3v) is 4.76. The van der Waals surface area contributed by atoms with Crippen LogP contribution < -0.4 is 4.90 Å². The van der Waals surface area contributed by atoms with Crippen molar-refractivity contribution in [3.05, 3.63) is 35.8 Å². The van der Waals surface area contributed by atoms with Crippen LogP contribution in [0.4, 0.5) is 5.82 Å². The van der Waals surface area contributed by atoms with Crippen LogP contribution in [0.3, 0.4) is 0 Å². The summed E-state index contributed by atoms with van der Waals surface area (Å²) in [5, 5.41) is 10.0. The zero-order valence-corrected chi connectivity index (χ0v) is 15.0. The zero-order valence-electron chi connectivity index (χ0n) is 14.2. The van der Waals surface area contributed by atoms with Crippen LogP contribution in [0.1, 0.15) is 30.2 Å². The van der Waals surface area contributed by atoms with E-state index in [1.807, 2.05) is 30.0 Å². The molecule has 0 aliphatic carbocycles. The summed E-state index contributed by atoms with van der Waals surface area (Å²) in [5.74, 6) is 1.99. The Morgan fingerprint density at radius 1 is 1.12 bits per heavy atom. The Morgan fingerprint density at radius 2 is 1.88 bits per heavy atom. The number of carbonyl (C=O) groups excluding carboxylic acids is 1. The monoisotopic (exact) mass is 346 g/mol. The molecule has 7 heteroatoms. The molecule has 0 aromatic carbocycles. The molecule has 0 saturated carbocycles. The first kappa shape index (κ1) is 16.8. The van der Waals surface area contributed by atoms with Gasteiger partial charge in [0.2, 0.25) is 0 Å². The summed E-state index contributed by atoms with van der Waals surface area (Å²) in [4.78, 5) is 16.4. The summed E-state index contributed by atoms with van der Waals surface area (Å²) in [6, 6.07) is 7.57. The average molecular weight is 346 g/mol. The Kier molecular flexibility index (Phi) is 5.08. The topological polar surface area (TPSA) is 62.5 Å². The molecule has 0 unspecified atom stereocenters. The Bertz CT molecular complexity index is 691. The van der Waals surface area contributed by atoms with Gasteiger partial charge in [-0.25, -0.2) is 0 Å². The molecule has 2 aromatic rings. The van der Waals surface area contributed by atoms with E-state index in [0.29, 0.717) is 24.1 Å². The molecule has 1 aliphatic rings. The van der Waals surface area contributed by atoms with Gasteiger partial charge in [-0.2, -0.15) is 0 Å². The highest BCUT2D eigenvalue weighted by molar-refractivity contribution is 7.99. The van der Waals surface area contributed by atoms with E-state index in [2.05, 4.69) is 28.9 Å². The zero-order chi connectivity index (χ0) is 17.1. The fourth-order valence-corrected chi connectivity index (χ4v) is 3.35. The standard InChI is InChI=1S/C17H22N4O2S/c1-12(2)24-16-7-6-15(18-19-16)20-8-10-21(11-9-20)17(22)14-5-4-13(3)23-14/h4-7,12H,8-11H2,1-3H3. The van der Waals surface area contributed by atoms with E-state index < -0.39 is 0 Å². The second kappa shape index (κ2) is 7.25. The van der Waals surface area contributed by atoms with Gasteiger partial charge in [0, 0.05) is 31.4 Å². The molecule has 24 heavy (non-hydrogen) atoms. The van der Waals surface area contributed by atoms with Gasteiger partial charge < -0.3 is 14.2 Å². The minimum absolute atomic E-state index is 0.0440. The van der Waals surface area contributed by atoms with E-state index in [9.17, 15) is 4.79 Å². The molecule has 1 aliphatic heterocycles. The van der Waals surface area contributed by atoms with Gasteiger partial charge in [0.05, 0.1) is 0 Å². The quantitative estimate of drug-likeness (QED) is 0.793. The molecular weight excluding hydrogens is 324 g/mol. The molecule has 1 saturated heterocycles. The van der Waals surface area contributed by atoms with Crippen molar-refractivity contribution in [1.29, 1.82) is 0 Å². The van der Waals surface area contributed by atoms with Crippen LogP contribution in [0.25, 0.3) is 0 Å². The number of furan rings is 1. The van der Waals surface area contributed by atoms with Gasteiger partial charge in [-0.1, -0.05) is 13.8 Å². The number of hydrogen-bond donors (Lipinski definition) is 0. The molecular formula is C17H22N4O2S. The predicted molar refractivity (Wildman–Crippen MR) is 94.6 cm³/mol. The molecule has 6 nitrogen and oxygen atoms in total. The second-order valence-corrected chi connectivity index (χ2v) is 7.68. The van der Waals surface area contributed by atoms with E-state index in [1.165, 1.54) is 0 Å². The highest BCUT2D eigenvalue weighted by Gasteiger charge is 2.24. The van der Waals surface area contributed by atoms with Crippen molar-refractivity contribution in [2.24, 2.45) is 0 Å². The van der Waals surface area contributed by atoms with Crippen LogP contribution >= 0.6 is 11.8 Å². The van der Waals surface area contributed by atoms with Crippen molar-refractivity contribution < 1.29 is 9.21 Å². The van der Waals surface area contributed by atoms with Crippen molar-refractivity contribution in [1.82, 2.24) is 15.1 Å². The first-order chi connectivity index (χ1) is 11.5. The van der Waals surface area contributed by atoms with E-state index in [0.717, 1.165) is 29.7 Å². The molecule has 1 amide bonds. The lowest BCUT2D eigenvalue weighted by molar-refractivity contribution is 0.0713. The van der Waals surface area contributed by atoms with Gasteiger partial charge in [-0.05, 0) is 31.2 Å². The molecule has 3 rings (SSSR count). The molecule has 2 aromatic heterocycles. The lowest BCUT2D eigenvalue weighted by atomic mass is 10.3. The highest BCUT2D eigenvalue weighted by atomic mass is 32.2. The highest BCUT2D eigenvalue weighted by Crippen LogP contribution is 2.22. The second-order valence-electron chi connectivity index (χ2n) is 6.09. The number of amides is 1. The van der Waals surface area contributed by atoms with Crippen molar-refractivity contribution in [2.45, 2.75) is 31.0 Å². The molecule has 3 heterocycles. The predicted octanol–water partition coefficient (Wildman–Crippen LogP) is 2.84. The van der Waals surface area contributed by atoms with Gasteiger partial charge in [0.25, 0.3) is 5.91 Å². The van der Waals surface area contributed by atoms with Gasteiger partial charge >= 0.3 is 0 Å². The van der Waals surface area contributed by atoms with Gasteiger partial charge in [0.1, 0.15) is 10.8 Å². The van der Waals surface area contributed by atoms with Crippen LogP contribution in [-0.2, 0) is 0 Å². The van der Waals surface area contributed by atoms with E-state index >= 15 is 0 Å². The molecule has 128 valence electrons. The Hall–Kier alpha value is -2.02. The summed E-state index contributed by atoms with van der Waals surface area (Å²) in [6.07, 6.45) is 0. The van der Waals surface area contributed by atoms with Gasteiger partial charge in [-0.15, -0.1) is 22.0 Å². The van der Waals surface area contributed by atoms with Crippen LogP contribution in [0.5, 0.6) is 0 Å². The largest absolute Gasteiger partial charge is 0.456 e. The summed E-state index contributed by atoms with van der Waals surface area (Å²) in [7, 11) is 0. The molecule has 0 radical (unpaired) electrons. The number of carbonyl (C=O) groups is 1. The Labute approximate surface area is 146 Å².